The topological polar surface area (TPSA) is 24.7 Å². The fourth-order valence-electron chi connectivity index (χ4n) is 3.33. The van der Waals surface area contributed by atoms with Crippen molar-refractivity contribution >= 4 is 23.6 Å². The lowest BCUT2D eigenvalue weighted by atomic mass is 9.93. The minimum absolute atomic E-state index is 0.738. The van der Waals surface area contributed by atoms with Crippen molar-refractivity contribution in [3.8, 4) is 0 Å². The van der Waals surface area contributed by atoms with E-state index in [-0.39, 0.29) is 0 Å². The molecule has 152 valence electrons. The van der Waals surface area contributed by atoms with Crippen LogP contribution in [0.2, 0.25) is 0 Å². The molecule has 0 amide bonds. The maximum Gasteiger partial charge on any atom is 0.0952 e. The van der Waals surface area contributed by atoms with E-state index in [9.17, 15) is 0 Å². The van der Waals surface area contributed by atoms with E-state index in [4.69, 9.17) is 0 Å². The number of hydrogen-bond donors (Lipinski definition) is 0. The van der Waals surface area contributed by atoms with Gasteiger partial charge in [-0.15, -0.1) is 6.58 Å². The van der Waals surface area contributed by atoms with E-state index >= 15 is 0 Å². The predicted octanol–water partition coefficient (Wildman–Crippen LogP) is 7.35. The Kier molecular flexibility index (Phi) is 9.20. The highest BCUT2D eigenvalue weighted by atomic mass is 14.8. The third-order valence-electron chi connectivity index (χ3n) is 4.71. The van der Waals surface area contributed by atoms with E-state index in [1.165, 1.54) is 0 Å². The van der Waals surface area contributed by atoms with Crippen LogP contribution in [0.3, 0.4) is 0 Å². The maximum atomic E-state index is 4.57. The van der Waals surface area contributed by atoms with Crippen LogP contribution in [-0.2, 0) is 0 Å². The summed E-state index contributed by atoms with van der Waals surface area (Å²) in [6.45, 7) is 11.8. The van der Waals surface area contributed by atoms with Gasteiger partial charge in [-0.25, -0.2) is 0 Å². The molecule has 0 saturated heterocycles. The second-order valence-corrected chi connectivity index (χ2v) is 6.63. The Hall–Kier alpha value is -3.52. The predicted molar refractivity (Wildman–Crippen MR) is 134 cm³/mol. The van der Waals surface area contributed by atoms with Crippen LogP contribution in [0.25, 0.3) is 11.1 Å². The van der Waals surface area contributed by atoms with E-state index in [0.29, 0.717) is 0 Å². The van der Waals surface area contributed by atoms with Crippen molar-refractivity contribution in [3.05, 3.63) is 120 Å². The molecule has 0 fully saturated rings. The molecule has 0 saturated carbocycles. The summed E-state index contributed by atoms with van der Waals surface area (Å²) >= 11 is 0. The molecule has 2 rings (SSSR count). The molecule has 0 aliphatic carbocycles. The molecular weight excluding hydrogens is 364 g/mol. The lowest BCUT2D eigenvalue weighted by Gasteiger charge is -2.14. The summed E-state index contributed by atoms with van der Waals surface area (Å²) in [5, 5.41) is 0. The molecule has 0 aromatic heterocycles. The monoisotopic (exact) mass is 394 g/mol. The Morgan fingerprint density at radius 1 is 0.933 bits per heavy atom. The van der Waals surface area contributed by atoms with E-state index in [0.717, 1.165) is 45.7 Å². The number of nitrogens with zero attached hydrogens (tertiary/aromatic N) is 2. The molecule has 0 bridgehead atoms. The summed E-state index contributed by atoms with van der Waals surface area (Å²) in [7, 11) is 1.79. The number of allylic oxidation sites excluding steroid dienone is 8. The van der Waals surface area contributed by atoms with Gasteiger partial charge < -0.3 is 0 Å². The van der Waals surface area contributed by atoms with Gasteiger partial charge in [0.05, 0.1) is 11.4 Å². The molecule has 2 aromatic rings. The van der Waals surface area contributed by atoms with Gasteiger partial charge in [-0.1, -0.05) is 85.0 Å². The van der Waals surface area contributed by atoms with Crippen LogP contribution < -0.4 is 0 Å². The molecule has 0 atom stereocenters. The minimum atomic E-state index is 0.738. The third-order valence-corrected chi connectivity index (χ3v) is 4.71. The molecule has 0 unspecified atom stereocenters. The standard InChI is InChI=1S/C28H30N2/c1-6-15-24(22-17-11-9-12-18-22)21-27(29-4)28(30-5)26(16-7-2)25(8-3)23-19-13-10-14-20-23/h6-14,16-21H,1,5,15H2,2-4H3/b16-7-,24-21+,25-8-,28-26-,29-27?. The van der Waals surface area contributed by atoms with Crippen LogP contribution in [-0.4, -0.2) is 19.5 Å². The fraction of sp³-hybridized carbons (Fsp3) is 0.143. The van der Waals surface area contributed by atoms with Crippen molar-refractivity contribution in [1.82, 2.24) is 0 Å². The van der Waals surface area contributed by atoms with Gasteiger partial charge in [-0.3, -0.25) is 9.98 Å². The van der Waals surface area contributed by atoms with Crippen molar-refractivity contribution in [2.75, 3.05) is 7.05 Å². The summed E-state index contributed by atoms with van der Waals surface area (Å²) in [4.78, 5) is 8.99. The van der Waals surface area contributed by atoms with Gasteiger partial charge in [-0.2, -0.15) is 0 Å². The van der Waals surface area contributed by atoms with Gasteiger partial charge in [0.25, 0.3) is 0 Å². The quantitative estimate of drug-likeness (QED) is 0.241. The molecule has 2 aromatic carbocycles. The Bertz CT molecular complexity index is 1000. The molecule has 0 radical (unpaired) electrons. The number of hydrogen-bond acceptors (Lipinski definition) is 2. The third kappa shape index (κ3) is 5.74. The van der Waals surface area contributed by atoms with Crippen LogP contribution in [0.5, 0.6) is 0 Å². The Balaban J connectivity index is 2.69. The first-order valence-electron chi connectivity index (χ1n) is 10.1. The number of benzene rings is 2. The summed E-state index contributed by atoms with van der Waals surface area (Å²) in [5.41, 5.74) is 7.03. The Morgan fingerprint density at radius 3 is 2.00 bits per heavy atom. The molecule has 0 aliphatic heterocycles. The van der Waals surface area contributed by atoms with Gasteiger partial charge in [0, 0.05) is 12.6 Å². The molecule has 0 aliphatic rings. The van der Waals surface area contributed by atoms with E-state index < -0.39 is 0 Å². The lowest BCUT2D eigenvalue weighted by Crippen LogP contribution is -2.04. The van der Waals surface area contributed by atoms with Gasteiger partial charge in [-0.05, 0) is 55.3 Å². The normalized spacial score (nSPS) is 13.9. The van der Waals surface area contributed by atoms with Crippen LogP contribution in [0.15, 0.2) is 119 Å². The van der Waals surface area contributed by atoms with Crippen molar-refractivity contribution in [1.29, 1.82) is 0 Å². The SMILES string of the molecule is C=CC/C(=C\C(=NC)/C(N=C)=C(\C=C/C)C(=C\C)/c1ccccc1)c1ccccc1. The average Bonchev–Trinajstić information content (AvgIpc) is 2.80. The largest absolute Gasteiger partial charge is 0.286 e. The van der Waals surface area contributed by atoms with Crippen LogP contribution >= 0.6 is 0 Å². The molecule has 2 heteroatoms. The Labute approximate surface area is 181 Å². The zero-order chi connectivity index (χ0) is 21.8. The van der Waals surface area contributed by atoms with Gasteiger partial charge in [0.2, 0.25) is 0 Å². The van der Waals surface area contributed by atoms with E-state index in [1.54, 1.807) is 7.05 Å². The number of aliphatic imine (C=N–C) groups is 2. The van der Waals surface area contributed by atoms with Crippen LogP contribution in [0, 0.1) is 0 Å². The van der Waals surface area contributed by atoms with E-state index in [2.05, 4.69) is 65.8 Å². The zero-order valence-electron chi connectivity index (χ0n) is 18.2. The van der Waals surface area contributed by atoms with Crippen LogP contribution in [0.1, 0.15) is 31.4 Å². The molecule has 0 N–H and O–H groups in total. The minimum Gasteiger partial charge on any atom is -0.286 e. The molecule has 30 heavy (non-hydrogen) atoms. The molecule has 2 nitrogen and oxygen atoms in total. The lowest BCUT2D eigenvalue weighted by molar-refractivity contribution is 1.35. The first-order valence-corrected chi connectivity index (χ1v) is 10.1. The first-order chi connectivity index (χ1) is 14.7. The van der Waals surface area contributed by atoms with Crippen molar-refractivity contribution < 1.29 is 0 Å². The second kappa shape index (κ2) is 12.1. The maximum absolute atomic E-state index is 4.57. The van der Waals surface area contributed by atoms with Crippen molar-refractivity contribution in [3.63, 3.8) is 0 Å². The molecular formula is C28H30N2. The smallest absolute Gasteiger partial charge is 0.0952 e. The highest BCUT2D eigenvalue weighted by molar-refractivity contribution is 6.14. The van der Waals surface area contributed by atoms with E-state index in [1.807, 2.05) is 62.4 Å². The summed E-state index contributed by atoms with van der Waals surface area (Å²) < 4.78 is 0. The fourth-order valence-corrected chi connectivity index (χ4v) is 3.33. The van der Waals surface area contributed by atoms with Gasteiger partial charge >= 0.3 is 0 Å². The summed E-state index contributed by atoms with van der Waals surface area (Å²) in [5.74, 6) is 0. The Morgan fingerprint density at radius 2 is 1.53 bits per heavy atom. The summed E-state index contributed by atoms with van der Waals surface area (Å²) in [6.07, 6.45) is 10.9. The highest BCUT2D eigenvalue weighted by Crippen LogP contribution is 2.29. The highest BCUT2D eigenvalue weighted by Gasteiger charge is 2.14. The van der Waals surface area contributed by atoms with Crippen molar-refractivity contribution in [2.45, 2.75) is 20.3 Å². The zero-order valence-corrected chi connectivity index (χ0v) is 18.2. The average molecular weight is 395 g/mol. The number of rotatable bonds is 9. The molecule has 0 spiro atoms. The van der Waals surface area contributed by atoms with Gasteiger partial charge in [0.15, 0.2) is 0 Å². The van der Waals surface area contributed by atoms with Crippen LogP contribution in [0.4, 0.5) is 0 Å². The van der Waals surface area contributed by atoms with Crippen molar-refractivity contribution in [2.24, 2.45) is 9.98 Å². The second-order valence-electron chi connectivity index (χ2n) is 6.63. The summed E-state index contributed by atoms with van der Waals surface area (Å²) in [6, 6.07) is 20.6. The first kappa shape index (κ1) is 22.8. The molecule has 0 heterocycles. The van der Waals surface area contributed by atoms with Gasteiger partial charge in [0.1, 0.15) is 0 Å².